The van der Waals surface area contributed by atoms with E-state index in [1.165, 1.54) is 0 Å². The SMILES string of the molecule is CCc1ccccc1Oc1ccc(OC)cc1N. The molecule has 2 rings (SSSR count). The van der Waals surface area contributed by atoms with Gasteiger partial charge in [-0.25, -0.2) is 0 Å². The summed E-state index contributed by atoms with van der Waals surface area (Å²) < 4.78 is 11.0. The molecule has 0 aliphatic carbocycles. The van der Waals surface area contributed by atoms with Gasteiger partial charge in [0.05, 0.1) is 12.8 Å². The molecule has 0 amide bonds. The van der Waals surface area contributed by atoms with Gasteiger partial charge in [-0.15, -0.1) is 0 Å². The van der Waals surface area contributed by atoms with Gasteiger partial charge in [-0.05, 0) is 30.2 Å². The summed E-state index contributed by atoms with van der Waals surface area (Å²) in [5.41, 5.74) is 7.66. The first-order chi connectivity index (χ1) is 8.74. The summed E-state index contributed by atoms with van der Waals surface area (Å²) in [7, 11) is 1.61. The molecule has 0 fully saturated rings. The molecule has 0 atom stereocenters. The lowest BCUT2D eigenvalue weighted by Gasteiger charge is -2.12. The number of ether oxygens (including phenoxy) is 2. The lowest BCUT2D eigenvalue weighted by atomic mass is 10.1. The number of hydrogen-bond acceptors (Lipinski definition) is 3. The smallest absolute Gasteiger partial charge is 0.150 e. The van der Waals surface area contributed by atoms with E-state index >= 15 is 0 Å². The van der Waals surface area contributed by atoms with Crippen LogP contribution in [0.4, 0.5) is 5.69 Å². The van der Waals surface area contributed by atoms with E-state index in [0.717, 1.165) is 23.5 Å². The number of aryl methyl sites for hydroxylation is 1. The van der Waals surface area contributed by atoms with Gasteiger partial charge >= 0.3 is 0 Å². The van der Waals surface area contributed by atoms with Crippen LogP contribution in [0.15, 0.2) is 42.5 Å². The number of benzene rings is 2. The third kappa shape index (κ3) is 2.56. The van der Waals surface area contributed by atoms with Gasteiger partial charge in [-0.3, -0.25) is 0 Å². The van der Waals surface area contributed by atoms with Crippen LogP contribution in [-0.4, -0.2) is 7.11 Å². The van der Waals surface area contributed by atoms with Crippen molar-refractivity contribution in [3.8, 4) is 17.2 Å². The van der Waals surface area contributed by atoms with E-state index in [4.69, 9.17) is 15.2 Å². The predicted molar refractivity (Wildman–Crippen MR) is 73.3 cm³/mol. The summed E-state index contributed by atoms with van der Waals surface area (Å²) in [6, 6.07) is 13.4. The standard InChI is InChI=1S/C15H17NO2/c1-3-11-6-4-5-7-14(11)18-15-9-8-12(17-2)10-13(15)16/h4-10H,3,16H2,1-2H3. The van der Waals surface area contributed by atoms with Crippen LogP contribution in [0, 0.1) is 0 Å². The van der Waals surface area contributed by atoms with Gasteiger partial charge in [0.1, 0.15) is 11.5 Å². The minimum Gasteiger partial charge on any atom is -0.497 e. The van der Waals surface area contributed by atoms with E-state index in [-0.39, 0.29) is 0 Å². The molecule has 0 saturated carbocycles. The van der Waals surface area contributed by atoms with Gasteiger partial charge in [0.15, 0.2) is 5.75 Å². The van der Waals surface area contributed by atoms with Crippen molar-refractivity contribution in [1.82, 2.24) is 0 Å². The maximum Gasteiger partial charge on any atom is 0.150 e. The van der Waals surface area contributed by atoms with Crippen LogP contribution < -0.4 is 15.2 Å². The molecule has 0 bridgehead atoms. The summed E-state index contributed by atoms with van der Waals surface area (Å²) in [5.74, 6) is 2.22. The van der Waals surface area contributed by atoms with Crippen molar-refractivity contribution < 1.29 is 9.47 Å². The number of methoxy groups -OCH3 is 1. The molecule has 94 valence electrons. The van der Waals surface area contributed by atoms with Crippen molar-refractivity contribution in [3.63, 3.8) is 0 Å². The molecular weight excluding hydrogens is 226 g/mol. The van der Waals surface area contributed by atoms with Crippen molar-refractivity contribution in [2.75, 3.05) is 12.8 Å². The van der Waals surface area contributed by atoms with E-state index < -0.39 is 0 Å². The van der Waals surface area contributed by atoms with Gasteiger partial charge in [-0.2, -0.15) is 0 Å². The maximum atomic E-state index is 5.93. The highest BCUT2D eigenvalue weighted by Gasteiger charge is 2.06. The third-order valence-electron chi connectivity index (χ3n) is 2.79. The zero-order valence-corrected chi connectivity index (χ0v) is 10.6. The highest BCUT2D eigenvalue weighted by atomic mass is 16.5. The Labute approximate surface area is 107 Å². The highest BCUT2D eigenvalue weighted by Crippen LogP contribution is 2.32. The second kappa shape index (κ2) is 5.45. The van der Waals surface area contributed by atoms with Crippen LogP contribution in [0.25, 0.3) is 0 Å². The number of nitrogens with two attached hydrogens (primary N) is 1. The first-order valence-corrected chi connectivity index (χ1v) is 5.94. The molecule has 2 aromatic rings. The van der Waals surface area contributed by atoms with Gasteiger partial charge in [0, 0.05) is 6.07 Å². The lowest BCUT2D eigenvalue weighted by Crippen LogP contribution is -1.95. The molecule has 0 unspecified atom stereocenters. The van der Waals surface area contributed by atoms with Crippen LogP contribution in [0.2, 0.25) is 0 Å². The van der Waals surface area contributed by atoms with Gasteiger partial charge in [0.2, 0.25) is 0 Å². The molecule has 0 heterocycles. The third-order valence-corrected chi connectivity index (χ3v) is 2.79. The molecule has 18 heavy (non-hydrogen) atoms. The quantitative estimate of drug-likeness (QED) is 0.834. The van der Waals surface area contributed by atoms with Gasteiger partial charge in [-0.1, -0.05) is 25.1 Å². The van der Waals surface area contributed by atoms with Crippen LogP contribution in [0.1, 0.15) is 12.5 Å². The zero-order chi connectivity index (χ0) is 13.0. The topological polar surface area (TPSA) is 44.5 Å². The molecule has 0 radical (unpaired) electrons. The highest BCUT2D eigenvalue weighted by molar-refractivity contribution is 5.57. The number of nitrogen functional groups attached to an aromatic ring is 1. The predicted octanol–water partition coefficient (Wildman–Crippen LogP) is 3.63. The molecule has 0 spiro atoms. The Balaban J connectivity index is 2.28. The second-order valence-electron chi connectivity index (χ2n) is 3.97. The van der Waals surface area contributed by atoms with Crippen molar-refractivity contribution in [2.45, 2.75) is 13.3 Å². The lowest BCUT2D eigenvalue weighted by molar-refractivity contribution is 0.413. The fraction of sp³-hybridized carbons (Fsp3) is 0.200. The Morgan fingerprint density at radius 1 is 1.06 bits per heavy atom. The Morgan fingerprint density at radius 3 is 2.50 bits per heavy atom. The molecule has 0 aliphatic rings. The summed E-state index contributed by atoms with van der Waals surface area (Å²) in [6.07, 6.45) is 0.923. The molecule has 0 saturated heterocycles. The minimum atomic E-state index is 0.570. The Morgan fingerprint density at radius 2 is 1.83 bits per heavy atom. The Kier molecular flexibility index (Phi) is 3.72. The summed E-state index contributed by atoms with van der Waals surface area (Å²) in [5, 5.41) is 0. The summed E-state index contributed by atoms with van der Waals surface area (Å²) >= 11 is 0. The Hall–Kier alpha value is -2.16. The Bertz CT molecular complexity index is 538. The van der Waals surface area contributed by atoms with Gasteiger partial charge in [0.25, 0.3) is 0 Å². The average molecular weight is 243 g/mol. The fourth-order valence-electron chi connectivity index (χ4n) is 1.76. The first kappa shape index (κ1) is 12.3. The van der Waals surface area contributed by atoms with E-state index in [9.17, 15) is 0 Å². The molecule has 2 N–H and O–H groups in total. The molecule has 0 aromatic heterocycles. The van der Waals surface area contributed by atoms with Crippen LogP contribution in [0.3, 0.4) is 0 Å². The van der Waals surface area contributed by atoms with Crippen molar-refractivity contribution >= 4 is 5.69 Å². The number of rotatable bonds is 4. The minimum absolute atomic E-state index is 0.570. The van der Waals surface area contributed by atoms with E-state index in [2.05, 4.69) is 13.0 Å². The summed E-state index contributed by atoms with van der Waals surface area (Å²) in [6.45, 7) is 2.10. The van der Waals surface area contributed by atoms with E-state index in [1.54, 1.807) is 13.2 Å². The normalized spacial score (nSPS) is 10.1. The van der Waals surface area contributed by atoms with Crippen molar-refractivity contribution in [2.24, 2.45) is 0 Å². The molecule has 0 aliphatic heterocycles. The average Bonchev–Trinajstić information content (AvgIpc) is 2.41. The van der Waals surface area contributed by atoms with Gasteiger partial charge < -0.3 is 15.2 Å². The second-order valence-corrected chi connectivity index (χ2v) is 3.97. The van der Waals surface area contributed by atoms with Crippen LogP contribution in [-0.2, 0) is 6.42 Å². The van der Waals surface area contributed by atoms with Crippen molar-refractivity contribution in [3.05, 3.63) is 48.0 Å². The molecular formula is C15H17NO2. The van der Waals surface area contributed by atoms with Crippen LogP contribution in [0.5, 0.6) is 17.2 Å². The number of hydrogen-bond donors (Lipinski definition) is 1. The van der Waals surface area contributed by atoms with Crippen molar-refractivity contribution in [1.29, 1.82) is 0 Å². The monoisotopic (exact) mass is 243 g/mol. The molecule has 3 nitrogen and oxygen atoms in total. The van der Waals surface area contributed by atoms with E-state index in [1.807, 2.05) is 30.3 Å². The fourth-order valence-corrected chi connectivity index (χ4v) is 1.76. The first-order valence-electron chi connectivity index (χ1n) is 5.94. The van der Waals surface area contributed by atoms with E-state index in [0.29, 0.717) is 11.4 Å². The molecule has 2 aromatic carbocycles. The largest absolute Gasteiger partial charge is 0.497 e. The van der Waals surface area contributed by atoms with Crippen LogP contribution >= 0.6 is 0 Å². The zero-order valence-electron chi connectivity index (χ0n) is 10.6. The summed E-state index contributed by atoms with van der Waals surface area (Å²) in [4.78, 5) is 0. The number of anilines is 1. The number of para-hydroxylation sites is 1. The molecule has 3 heteroatoms. The maximum absolute atomic E-state index is 5.93.